The Balaban J connectivity index is 2.06. The average molecular weight is 285 g/mol. The third-order valence-electron chi connectivity index (χ3n) is 3.32. The van der Waals surface area contributed by atoms with Crippen molar-refractivity contribution in [3.8, 4) is 6.07 Å². The van der Waals surface area contributed by atoms with Crippen molar-refractivity contribution in [3.63, 3.8) is 0 Å². The van der Waals surface area contributed by atoms with Crippen LogP contribution in [0.25, 0.3) is 0 Å². The van der Waals surface area contributed by atoms with Crippen LogP contribution in [0.3, 0.4) is 0 Å². The highest BCUT2D eigenvalue weighted by Crippen LogP contribution is 2.33. The fraction of sp³-hybridized carbons (Fsp3) is 0.692. The van der Waals surface area contributed by atoms with E-state index < -0.39 is 12.0 Å². The molecule has 0 aromatic carbocycles. The molecule has 0 saturated carbocycles. The number of thiazole rings is 1. The van der Waals surface area contributed by atoms with E-state index >= 15 is 0 Å². The maximum atomic E-state index is 13.1. The second kappa shape index (κ2) is 5.93. The van der Waals surface area contributed by atoms with Crippen molar-refractivity contribution in [3.05, 3.63) is 16.1 Å². The van der Waals surface area contributed by atoms with Gasteiger partial charge in [-0.2, -0.15) is 5.26 Å². The summed E-state index contributed by atoms with van der Waals surface area (Å²) in [4.78, 5) is 7.00. The molecule has 1 fully saturated rings. The molecule has 2 heterocycles. The highest BCUT2D eigenvalue weighted by molar-refractivity contribution is 7.11. The molecule has 6 heteroatoms. The van der Waals surface area contributed by atoms with Crippen molar-refractivity contribution in [2.24, 2.45) is 0 Å². The summed E-state index contributed by atoms with van der Waals surface area (Å²) in [6, 6.07) is 1.79. The lowest BCUT2D eigenvalue weighted by Gasteiger charge is -2.33. The first-order valence-electron chi connectivity index (χ1n) is 6.52. The van der Waals surface area contributed by atoms with Gasteiger partial charge in [0.15, 0.2) is 0 Å². The number of alkyl halides is 2. The number of hydrogen-bond acceptors (Lipinski definition) is 4. The van der Waals surface area contributed by atoms with Gasteiger partial charge in [0.25, 0.3) is 5.92 Å². The van der Waals surface area contributed by atoms with Crippen LogP contribution >= 0.6 is 11.3 Å². The molecule has 1 aromatic heterocycles. The number of halogens is 2. The normalized spacial score (nSPS) is 20.9. The minimum atomic E-state index is -2.57. The zero-order chi connectivity index (χ0) is 13.9. The molecule has 0 N–H and O–H groups in total. The van der Waals surface area contributed by atoms with Gasteiger partial charge in [0, 0.05) is 32.1 Å². The number of hydrogen-bond donors (Lipinski definition) is 0. The summed E-state index contributed by atoms with van der Waals surface area (Å²) in [6.07, 6.45) is 3.31. The van der Waals surface area contributed by atoms with Crippen LogP contribution in [0.15, 0.2) is 6.20 Å². The molecule has 0 radical (unpaired) electrons. The van der Waals surface area contributed by atoms with Crippen LogP contribution in [0, 0.1) is 11.3 Å². The van der Waals surface area contributed by atoms with Gasteiger partial charge < -0.3 is 0 Å². The molecule has 1 atom stereocenters. The number of likely N-dealkylation sites (tertiary alicyclic amines) is 1. The van der Waals surface area contributed by atoms with Crippen LogP contribution in [0.5, 0.6) is 0 Å². The van der Waals surface area contributed by atoms with Gasteiger partial charge in [-0.3, -0.25) is 4.90 Å². The standard InChI is InChI=1S/C13H17F2N3S/c1-2-3-12-17-9-11(19-12)10(8-16)18-6-4-13(14,15)5-7-18/h9-10H,2-7H2,1H3. The van der Waals surface area contributed by atoms with Crippen LogP contribution in [0.2, 0.25) is 0 Å². The SMILES string of the molecule is CCCc1ncc(C(C#N)N2CCC(F)(F)CC2)s1. The van der Waals surface area contributed by atoms with E-state index in [1.165, 1.54) is 11.3 Å². The second-order valence-electron chi connectivity index (χ2n) is 4.83. The topological polar surface area (TPSA) is 39.9 Å². The summed E-state index contributed by atoms with van der Waals surface area (Å²) in [5.74, 6) is -2.57. The van der Waals surface area contributed by atoms with Crippen molar-refractivity contribution in [1.82, 2.24) is 9.88 Å². The third kappa shape index (κ3) is 3.48. The quantitative estimate of drug-likeness (QED) is 0.851. The van der Waals surface area contributed by atoms with Gasteiger partial charge in [0.2, 0.25) is 0 Å². The lowest BCUT2D eigenvalue weighted by atomic mass is 10.0. The molecule has 2 rings (SSSR count). The van der Waals surface area contributed by atoms with E-state index in [1.807, 2.05) is 4.90 Å². The zero-order valence-corrected chi connectivity index (χ0v) is 11.7. The van der Waals surface area contributed by atoms with Crippen LogP contribution in [0.1, 0.15) is 42.1 Å². The van der Waals surface area contributed by atoms with Gasteiger partial charge >= 0.3 is 0 Å². The van der Waals surface area contributed by atoms with E-state index in [1.54, 1.807) is 6.20 Å². The van der Waals surface area contributed by atoms with Crippen molar-refractivity contribution in [1.29, 1.82) is 5.26 Å². The number of piperidine rings is 1. The minimum Gasteiger partial charge on any atom is -0.283 e. The van der Waals surface area contributed by atoms with Gasteiger partial charge in [-0.15, -0.1) is 11.3 Å². The molecule has 1 aromatic rings. The smallest absolute Gasteiger partial charge is 0.250 e. The van der Waals surface area contributed by atoms with E-state index in [4.69, 9.17) is 0 Å². The van der Waals surface area contributed by atoms with Crippen LogP contribution in [0.4, 0.5) is 8.78 Å². The minimum absolute atomic E-state index is 0.161. The third-order valence-corrected chi connectivity index (χ3v) is 4.43. The van der Waals surface area contributed by atoms with Gasteiger partial charge in [-0.05, 0) is 12.8 Å². The second-order valence-corrected chi connectivity index (χ2v) is 5.98. The lowest BCUT2D eigenvalue weighted by molar-refractivity contribution is -0.0592. The van der Waals surface area contributed by atoms with Crippen LogP contribution in [-0.4, -0.2) is 28.9 Å². The Hall–Kier alpha value is -1.06. The number of nitriles is 1. The van der Waals surface area contributed by atoms with E-state index in [-0.39, 0.29) is 25.9 Å². The van der Waals surface area contributed by atoms with Gasteiger partial charge in [-0.1, -0.05) is 6.92 Å². The van der Waals surface area contributed by atoms with Crippen LogP contribution < -0.4 is 0 Å². The molecule has 1 aliphatic heterocycles. The molecule has 1 saturated heterocycles. The fourth-order valence-electron chi connectivity index (χ4n) is 2.21. The van der Waals surface area contributed by atoms with Crippen molar-refractivity contribution >= 4 is 11.3 Å². The Bertz CT molecular complexity index is 457. The van der Waals surface area contributed by atoms with E-state index in [0.717, 1.165) is 22.7 Å². The largest absolute Gasteiger partial charge is 0.283 e. The molecule has 19 heavy (non-hydrogen) atoms. The zero-order valence-electron chi connectivity index (χ0n) is 10.9. The van der Waals surface area contributed by atoms with Crippen molar-refractivity contribution < 1.29 is 8.78 Å². The van der Waals surface area contributed by atoms with E-state index in [0.29, 0.717) is 0 Å². The van der Waals surface area contributed by atoms with Gasteiger partial charge in [0.1, 0.15) is 6.04 Å². The predicted molar refractivity (Wildman–Crippen MR) is 70.2 cm³/mol. The summed E-state index contributed by atoms with van der Waals surface area (Å²) in [5.41, 5.74) is 0. The first-order valence-corrected chi connectivity index (χ1v) is 7.33. The first kappa shape index (κ1) is 14.4. The highest BCUT2D eigenvalue weighted by Gasteiger charge is 2.37. The maximum Gasteiger partial charge on any atom is 0.250 e. The summed E-state index contributed by atoms with van der Waals surface area (Å²) in [6.45, 7) is 2.62. The number of nitrogens with zero attached hydrogens (tertiary/aromatic N) is 3. The Labute approximate surface area is 115 Å². The van der Waals surface area contributed by atoms with E-state index in [2.05, 4.69) is 18.0 Å². The fourth-order valence-corrected chi connectivity index (χ4v) is 3.32. The molecule has 1 unspecified atom stereocenters. The Morgan fingerprint density at radius 1 is 1.53 bits per heavy atom. The summed E-state index contributed by atoms with van der Waals surface area (Å²) in [5, 5.41) is 10.3. The summed E-state index contributed by atoms with van der Waals surface area (Å²) in [7, 11) is 0. The molecule has 3 nitrogen and oxygen atoms in total. The molecular weight excluding hydrogens is 268 g/mol. The molecule has 0 bridgehead atoms. The van der Waals surface area contributed by atoms with Crippen LogP contribution in [-0.2, 0) is 6.42 Å². The maximum absolute atomic E-state index is 13.1. The molecule has 0 spiro atoms. The molecule has 104 valence electrons. The Morgan fingerprint density at radius 2 is 2.21 bits per heavy atom. The Kier molecular flexibility index (Phi) is 4.48. The summed E-state index contributed by atoms with van der Waals surface area (Å²) >= 11 is 1.52. The average Bonchev–Trinajstić information content (AvgIpc) is 2.81. The van der Waals surface area contributed by atoms with E-state index in [9.17, 15) is 14.0 Å². The number of aromatic nitrogens is 1. The van der Waals surface area contributed by atoms with Crippen molar-refractivity contribution in [2.45, 2.75) is 44.6 Å². The molecule has 1 aliphatic rings. The molecule has 0 amide bonds. The predicted octanol–water partition coefficient (Wildman–Crippen LogP) is 3.39. The highest BCUT2D eigenvalue weighted by atomic mass is 32.1. The molecule has 0 aliphatic carbocycles. The lowest BCUT2D eigenvalue weighted by Crippen LogP contribution is -2.40. The monoisotopic (exact) mass is 285 g/mol. The van der Waals surface area contributed by atoms with Crippen molar-refractivity contribution in [2.75, 3.05) is 13.1 Å². The Morgan fingerprint density at radius 3 is 2.79 bits per heavy atom. The van der Waals surface area contributed by atoms with Gasteiger partial charge in [-0.25, -0.2) is 13.8 Å². The number of rotatable bonds is 4. The first-order chi connectivity index (χ1) is 9.05. The van der Waals surface area contributed by atoms with Gasteiger partial charge in [0.05, 0.1) is 16.0 Å². The summed E-state index contributed by atoms with van der Waals surface area (Å²) < 4.78 is 26.3. The molecular formula is C13H17F2N3S. The number of aryl methyl sites for hydroxylation is 1.